The van der Waals surface area contributed by atoms with E-state index in [1.165, 1.54) is 0 Å². The number of aromatic nitrogens is 3. The average Bonchev–Trinajstić information content (AvgIpc) is 2.96. The molecule has 21 heavy (non-hydrogen) atoms. The van der Waals surface area contributed by atoms with Crippen molar-refractivity contribution in [2.45, 2.75) is 32.8 Å². The van der Waals surface area contributed by atoms with Crippen LogP contribution in [0.4, 0.5) is 5.82 Å². The maximum absolute atomic E-state index is 5.99. The van der Waals surface area contributed by atoms with Gasteiger partial charge in [-0.25, -0.2) is 9.97 Å². The number of ether oxygens (including phenoxy) is 1. The Morgan fingerprint density at radius 2 is 2.10 bits per heavy atom. The highest BCUT2D eigenvalue weighted by Gasteiger charge is 2.25. The predicted octanol–water partition coefficient (Wildman–Crippen LogP) is 2.40. The van der Waals surface area contributed by atoms with Gasteiger partial charge in [-0.15, -0.1) is 0 Å². The minimum atomic E-state index is 0.202. The van der Waals surface area contributed by atoms with E-state index < -0.39 is 0 Å². The monoisotopic (exact) mass is 284 g/mol. The second kappa shape index (κ2) is 6.08. The predicted molar refractivity (Wildman–Crippen MR) is 81.6 cm³/mol. The van der Waals surface area contributed by atoms with E-state index in [0.29, 0.717) is 0 Å². The summed E-state index contributed by atoms with van der Waals surface area (Å²) >= 11 is 0. The van der Waals surface area contributed by atoms with Crippen molar-refractivity contribution < 1.29 is 4.74 Å². The summed E-state index contributed by atoms with van der Waals surface area (Å²) in [7, 11) is 0. The van der Waals surface area contributed by atoms with Gasteiger partial charge in [0.05, 0.1) is 6.54 Å². The highest BCUT2D eigenvalue weighted by atomic mass is 16.5. The third-order valence-electron chi connectivity index (χ3n) is 3.66. The second-order valence-electron chi connectivity index (χ2n) is 5.28. The molecule has 1 fully saturated rings. The van der Waals surface area contributed by atoms with Crippen molar-refractivity contribution in [3.8, 4) is 5.75 Å². The van der Waals surface area contributed by atoms with Gasteiger partial charge in [0.25, 0.3) is 0 Å². The smallest absolute Gasteiger partial charge is 0.132 e. The molecule has 0 bridgehead atoms. The summed E-state index contributed by atoms with van der Waals surface area (Å²) in [5, 5.41) is 0. The number of pyridine rings is 1. The van der Waals surface area contributed by atoms with Crippen LogP contribution in [0.25, 0.3) is 0 Å². The van der Waals surface area contributed by atoms with Crippen LogP contribution in [0.15, 0.2) is 30.6 Å². The van der Waals surface area contributed by atoms with E-state index in [1.54, 1.807) is 12.4 Å². The van der Waals surface area contributed by atoms with Crippen LogP contribution in [0, 0.1) is 6.92 Å². The van der Waals surface area contributed by atoms with E-state index in [9.17, 15) is 0 Å². The summed E-state index contributed by atoms with van der Waals surface area (Å²) in [6.45, 7) is 5.89. The Morgan fingerprint density at radius 1 is 1.29 bits per heavy atom. The van der Waals surface area contributed by atoms with Crippen LogP contribution in [0.1, 0.15) is 24.9 Å². The molecule has 5 nitrogen and oxygen atoms in total. The summed E-state index contributed by atoms with van der Waals surface area (Å²) in [6, 6.07) is 5.88. The van der Waals surface area contributed by atoms with Crippen molar-refractivity contribution >= 4 is 5.82 Å². The lowest BCUT2D eigenvalue weighted by Gasteiger charge is -2.19. The minimum absolute atomic E-state index is 0.202. The molecule has 1 saturated heterocycles. The first-order chi connectivity index (χ1) is 10.2. The number of hydrogen-bond acceptors (Lipinski definition) is 5. The molecule has 1 atom stereocenters. The summed E-state index contributed by atoms with van der Waals surface area (Å²) in [5.74, 6) is 2.73. The molecule has 0 N–H and O–H groups in total. The van der Waals surface area contributed by atoms with Gasteiger partial charge < -0.3 is 9.64 Å². The number of rotatable bonds is 4. The van der Waals surface area contributed by atoms with Gasteiger partial charge >= 0.3 is 0 Å². The molecule has 5 heteroatoms. The average molecular weight is 284 g/mol. The second-order valence-corrected chi connectivity index (χ2v) is 5.28. The van der Waals surface area contributed by atoms with Gasteiger partial charge in [0.1, 0.15) is 23.5 Å². The lowest BCUT2D eigenvalue weighted by Crippen LogP contribution is -2.25. The molecule has 3 rings (SSSR count). The van der Waals surface area contributed by atoms with Gasteiger partial charge in [-0.3, -0.25) is 4.98 Å². The van der Waals surface area contributed by atoms with Crippen molar-refractivity contribution in [1.82, 2.24) is 15.0 Å². The zero-order chi connectivity index (χ0) is 14.7. The van der Waals surface area contributed by atoms with E-state index in [-0.39, 0.29) is 6.10 Å². The molecule has 3 heterocycles. The fourth-order valence-corrected chi connectivity index (χ4v) is 2.60. The maximum atomic E-state index is 5.99. The van der Waals surface area contributed by atoms with E-state index in [1.807, 2.05) is 19.1 Å². The van der Waals surface area contributed by atoms with Crippen molar-refractivity contribution in [2.75, 3.05) is 18.0 Å². The molecule has 0 amide bonds. The van der Waals surface area contributed by atoms with E-state index in [4.69, 9.17) is 4.74 Å². The van der Waals surface area contributed by atoms with Crippen LogP contribution in [0.3, 0.4) is 0 Å². The van der Waals surface area contributed by atoms with E-state index in [2.05, 4.69) is 32.8 Å². The highest BCUT2D eigenvalue weighted by molar-refractivity contribution is 5.41. The van der Waals surface area contributed by atoms with Crippen LogP contribution in [0.5, 0.6) is 5.75 Å². The normalized spacial score (nSPS) is 18.0. The van der Waals surface area contributed by atoms with E-state index in [0.717, 1.165) is 49.0 Å². The summed E-state index contributed by atoms with van der Waals surface area (Å²) in [4.78, 5) is 15.3. The largest absolute Gasteiger partial charge is 0.488 e. The Balaban J connectivity index is 1.68. The van der Waals surface area contributed by atoms with E-state index >= 15 is 0 Å². The molecule has 2 aromatic heterocycles. The topological polar surface area (TPSA) is 51.1 Å². The summed E-state index contributed by atoms with van der Waals surface area (Å²) in [5.41, 5.74) is 1.09. The third-order valence-corrected chi connectivity index (χ3v) is 3.66. The number of aryl methyl sites for hydroxylation is 2. The number of nitrogens with zero attached hydrogens (tertiary/aromatic N) is 4. The third kappa shape index (κ3) is 3.29. The summed E-state index contributed by atoms with van der Waals surface area (Å²) < 4.78 is 5.99. The van der Waals surface area contributed by atoms with Crippen molar-refractivity contribution in [2.24, 2.45) is 0 Å². The quantitative estimate of drug-likeness (QED) is 0.863. The fourth-order valence-electron chi connectivity index (χ4n) is 2.60. The Bertz CT molecular complexity index is 602. The number of hydrogen-bond donors (Lipinski definition) is 0. The molecular formula is C16H20N4O. The molecule has 2 aromatic rings. The lowest BCUT2D eigenvalue weighted by molar-refractivity contribution is 0.224. The zero-order valence-electron chi connectivity index (χ0n) is 12.5. The molecule has 110 valence electrons. The molecule has 1 aliphatic rings. The van der Waals surface area contributed by atoms with Crippen LogP contribution in [-0.2, 0) is 6.42 Å². The lowest BCUT2D eigenvalue weighted by atomic mass is 10.3. The molecule has 0 saturated carbocycles. The zero-order valence-corrected chi connectivity index (χ0v) is 12.5. The first kappa shape index (κ1) is 13.8. The van der Waals surface area contributed by atoms with Crippen LogP contribution >= 0.6 is 0 Å². The fraction of sp³-hybridized carbons (Fsp3) is 0.438. The maximum Gasteiger partial charge on any atom is 0.132 e. The van der Waals surface area contributed by atoms with Crippen LogP contribution in [-0.4, -0.2) is 34.1 Å². The number of anilines is 1. The molecule has 0 spiro atoms. The molecule has 0 aromatic carbocycles. The Hall–Kier alpha value is -2.17. The Labute approximate surface area is 125 Å². The van der Waals surface area contributed by atoms with Crippen LogP contribution in [0.2, 0.25) is 0 Å². The van der Waals surface area contributed by atoms with Crippen molar-refractivity contribution in [3.05, 3.63) is 42.1 Å². The SMILES string of the molecule is CCc1cc(N2CCC(Oc3ccncc3)C2)nc(C)n1. The first-order valence-electron chi connectivity index (χ1n) is 7.41. The van der Waals surface area contributed by atoms with Gasteiger partial charge in [0.2, 0.25) is 0 Å². The Kier molecular flexibility index (Phi) is 3.99. The summed E-state index contributed by atoms with van der Waals surface area (Å²) in [6.07, 6.45) is 5.65. The molecule has 1 aliphatic heterocycles. The van der Waals surface area contributed by atoms with Crippen molar-refractivity contribution in [1.29, 1.82) is 0 Å². The van der Waals surface area contributed by atoms with Gasteiger partial charge in [-0.2, -0.15) is 0 Å². The Morgan fingerprint density at radius 3 is 2.86 bits per heavy atom. The first-order valence-corrected chi connectivity index (χ1v) is 7.41. The molecular weight excluding hydrogens is 264 g/mol. The minimum Gasteiger partial charge on any atom is -0.488 e. The van der Waals surface area contributed by atoms with Gasteiger partial charge in [0.15, 0.2) is 0 Å². The van der Waals surface area contributed by atoms with Gasteiger partial charge in [-0.05, 0) is 25.5 Å². The standard InChI is InChI=1S/C16H20N4O/c1-3-13-10-16(19-12(2)18-13)20-9-6-15(11-20)21-14-4-7-17-8-5-14/h4-5,7-8,10,15H,3,6,9,11H2,1-2H3. The highest BCUT2D eigenvalue weighted by Crippen LogP contribution is 2.22. The molecule has 0 aliphatic carbocycles. The molecule has 0 radical (unpaired) electrons. The van der Waals surface area contributed by atoms with Crippen molar-refractivity contribution in [3.63, 3.8) is 0 Å². The van der Waals surface area contributed by atoms with Gasteiger partial charge in [0, 0.05) is 37.1 Å². The van der Waals surface area contributed by atoms with Gasteiger partial charge in [-0.1, -0.05) is 6.92 Å². The molecule has 1 unspecified atom stereocenters. The van der Waals surface area contributed by atoms with Crippen LogP contribution < -0.4 is 9.64 Å².